The summed E-state index contributed by atoms with van der Waals surface area (Å²) >= 11 is 0. The van der Waals surface area contributed by atoms with E-state index in [2.05, 4.69) is 13.8 Å². The smallest absolute Gasteiger partial charge is 0.200 e. The van der Waals surface area contributed by atoms with Crippen LogP contribution in [-0.4, -0.2) is 6.61 Å². The summed E-state index contributed by atoms with van der Waals surface area (Å²) in [6, 6.07) is 13.9. The number of benzene rings is 2. The lowest BCUT2D eigenvalue weighted by molar-refractivity contribution is 0.245. The second kappa shape index (κ2) is 6.51. The normalized spacial score (nSPS) is 12.4. The number of ether oxygens (including phenoxy) is 1. The van der Waals surface area contributed by atoms with Gasteiger partial charge in [0.25, 0.3) is 0 Å². The van der Waals surface area contributed by atoms with E-state index in [0.29, 0.717) is 12.5 Å². The molecule has 20 heavy (non-hydrogen) atoms. The minimum Gasteiger partial charge on any atom is -0.490 e. The Bertz CT molecular complexity index is 552. The van der Waals surface area contributed by atoms with Gasteiger partial charge in [-0.15, -0.1) is 0 Å². The van der Waals surface area contributed by atoms with Crippen LogP contribution in [0.25, 0.3) is 0 Å². The molecule has 0 aliphatic carbocycles. The van der Waals surface area contributed by atoms with Crippen molar-refractivity contribution in [3.05, 3.63) is 65.7 Å². The predicted molar refractivity (Wildman–Crippen MR) is 75.9 cm³/mol. The van der Waals surface area contributed by atoms with Gasteiger partial charge in [-0.25, -0.2) is 4.39 Å². The van der Waals surface area contributed by atoms with Crippen LogP contribution in [0, 0.1) is 17.6 Å². The average Bonchev–Trinajstić information content (AvgIpc) is 2.44. The molecule has 2 aromatic rings. The highest BCUT2D eigenvalue weighted by Gasteiger charge is 2.18. The fourth-order valence-electron chi connectivity index (χ4n) is 2.15. The fraction of sp³-hybridized carbons (Fsp3) is 0.294. The molecule has 2 rings (SSSR count). The molecule has 1 atom stereocenters. The van der Waals surface area contributed by atoms with Crippen molar-refractivity contribution in [1.82, 2.24) is 0 Å². The Hall–Kier alpha value is -1.90. The summed E-state index contributed by atoms with van der Waals surface area (Å²) < 4.78 is 32.2. The molecule has 2 aromatic carbocycles. The lowest BCUT2D eigenvalue weighted by Crippen LogP contribution is -2.16. The number of hydrogen-bond donors (Lipinski definition) is 0. The summed E-state index contributed by atoms with van der Waals surface area (Å²) in [4.78, 5) is 0. The highest BCUT2D eigenvalue weighted by atomic mass is 19.2. The number of halogens is 2. The first kappa shape index (κ1) is 14.5. The summed E-state index contributed by atoms with van der Waals surface area (Å²) in [5, 5.41) is 0. The van der Waals surface area contributed by atoms with E-state index in [9.17, 15) is 8.78 Å². The molecule has 0 fully saturated rings. The van der Waals surface area contributed by atoms with Crippen molar-refractivity contribution in [1.29, 1.82) is 0 Å². The predicted octanol–water partition coefficient (Wildman–Crippen LogP) is 4.78. The zero-order valence-corrected chi connectivity index (χ0v) is 11.6. The van der Waals surface area contributed by atoms with Crippen LogP contribution in [0.15, 0.2) is 48.5 Å². The van der Waals surface area contributed by atoms with Gasteiger partial charge in [0, 0.05) is 5.92 Å². The van der Waals surface area contributed by atoms with Crippen molar-refractivity contribution < 1.29 is 13.5 Å². The van der Waals surface area contributed by atoms with Gasteiger partial charge in [-0.3, -0.25) is 0 Å². The summed E-state index contributed by atoms with van der Waals surface area (Å²) in [7, 11) is 0. The molecule has 0 aliphatic heterocycles. The highest BCUT2D eigenvalue weighted by Crippen LogP contribution is 2.27. The van der Waals surface area contributed by atoms with Gasteiger partial charge in [-0.2, -0.15) is 4.39 Å². The lowest BCUT2D eigenvalue weighted by Gasteiger charge is -2.22. The van der Waals surface area contributed by atoms with Gasteiger partial charge in [-0.1, -0.05) is 50.2 Å². The van der Waals surface area contributed by atoms with E-state index >= 15 is 0 Å². The standard InChI is InChI=1S/C17H18F2O/c1-12(2)14(13-7-4-3-5-8-13)11-20-16-10-6-9-15(18)17(16)19/h3-10,12,14H,11H2,1-2H3. The maximum absolute atomic E-state index is 13.6. The van der Waals surface area contributed by atoms with Crippen LogP contribution >= 0.6 is 0 Å². The van der Waals surface area contributed by atoms with E-state index in [-0.39, 0.29) is 11.7 Å². The van der Waals surface area contributed by atoms with Gasteiger partial charge < -0.3 is 4.74 Å². The van der Waals surface area contributed by atoms with Crippen LogP contribution in [0.3, 0.4) is 0 Å². The lowest BCUT2D eigenvalue weighted by atomic mass is 9.89. The molecule has 0 aliphatic rings. The SMILES string of the molecule is CC(C)C(COc1cccc(F)c1F)c1ccccc1. The molecule has 0 heterocycles. The largest absolute Gasteiger partial charge is 0.490 e. The molecule has 0 spiro atoms. The van der Waals surface area contributed by atoms with Crippen molar-refractivity contribution in [2.75, 3.05) is 6.61 Å². The molecule has 0 N–H and O–H groups in total. The highest BCUT2D eigenvalue weighted by molar-refractivity contribution is 5.26. The van der Waals surface area contributed by atoms with Crippen molar-refractivity contribution in [2.24, 2.45) is 5.92 Å². The van der Waals surface area contributed by atoms with Crippen LogP contribution in [0.2, 0.25) is 0 Å². The van der Waals surface area contributed by atoms with E-state index in [4.69, 9.17) is 4.74 Å². The molecule has 0 saturated heterocycles. The Morgan fingerprint density at radius 3 is 2.30 bits per heavy atom. The van der Waals surface area contributed by atoms with Gasteiger partial charge in [0.05, 0.1) is 6.61 Å². The second-order valence-corrected chi connectivity index (χ2v) is 5.12. The molecular weight excluding hydrogens is 258 g/mol. The quantitative estimate of drug-likeness (QED) is 0.763. The van der Waals surface area contributed by atoms with Gasteiger partial charge in [0.1, 0.15) is 0 Å². The topological polar surface area (TPSA) is 9.23 Å². The first-order valence-electron chi connectivity index (χ1n) is 6.71. The zero-order chi connectivity index (χ0) is 14.5. The maximum atomic E-state index is 13.6. The zero-order valence-electron chi connectivity index (χ0n) is 11.6. The molecular formula is C17H18F2O. The number of hydrogen-bond acceptors (Lipinski definition) is 1. The van der Waals surface area contributed by atoms with Crippen LogP contribution in [-0.2, 0) is 0 Å². The van der Waals surface area contributed by atoms with Gasteiger partial charge in [-0.05, 0) is 23.6 Å². The van der Waals surface area contributed by atoms with E-state index in [0.717, 1.165) is 11.6 Å². The van der Waals surface area contributed by atoms with E-state index < -0.39 is 11.6 Å². The van der Waals surface area contributed by atoms with E-state index in [1.807, 2.05) is 30.3 Å². The first-order chi connectivity index (χ1) is 9.59. The Balaban J connectivity index is 2.12. The van der Waals surface area contributed by atoms with Gasteiger partial charge in [0.2, 0.25) is 5.82 Å². The summed E-state index contributed by atoms with van der Waals surface area (Å²) in [6.07, 6.45) is 0. The molecule has 106 valence electrons. The second-order valence-electron chi connectivity index (χ2n) is 5.12. The minimum absolute atomic E-state index is 0.0356. The molecule has 0 saturated carbocycles. The Kier molecular flexibility index (Phi) is 4.72. The minimum atomic E-state index is -0.928. The van der Waals surface area contributed by atoms with Crippen molar-refractivity contribution in [2.45, 2.75) is 19.8 Å². The Morgan fingerprint density at radius 1 is 0.950 bits per heavy atom. The van der Waals surface area contributed by atoms with Crippen LogP contribution in [0.1, 0.15) is 25.3 Å². The van der Waals surface area contributed by atoms with E-state index in [1.54, 1.807) is 0 Å². The summed E-state index contributed by atoms with van der Waals surface area (Å²) in [5.74, 6) is -1.37. The van der Waals surface area contributed by atoms with Gasteiger partial charge in [0.15, 0.2) is 11.6 Å². The van der Waals surface area contributed by atoms with Crippen LogP contribution < -0.4 is 4.74 Å². The third-order valence-corrected chi connectivity index (χ3v) is 3.37. The Labute approximate surface area is 118 Å². The fourth-order valence-corrected chi connectivity index (χ4v) is 2.15. The summed E-state index contributed by atoms with van der Waals surface area (Å²) in [5.41, 5.74) is 1.14. The average molecular weight is 276 g/mol. The Morgan fingerprint density at radius 2 is 1.65 bits per heavy atom. The third-order valence-electron chi connectivity index (χ3n) is 3.37. The molecule has 0 amide bonds. The molecule has 0 bridgehead atoms. The number of rotatable bonds is 5. The van der Waals surface area contributed by atoms with E-state index in [1.165, 1.54) is 12.1 Å². The van der Waals surface area contributed by atoms with Gasteiger partial charge >= 0.3 is 0 Å². The van der Waals surface area contributed by atoms with Crippen molar-refractivity contribution in [3.8, 4) is 5.75 Å². The van der Waals surface area contributed by atoms with Crippen LogP contribution in [0.5, 0.6) is 5.75 Å². The monoisotopic (exact) mass is 276 g/mol. The third kappa shape index (κ3) is 3.35. The molecule has 1 unspecified atom stereocenters. The van der Waals surface area contributed by atoms with Crippen LogP contribution in [0.4, 0.5) is 8.78 Å². The summed E-state index contributed by atoms with van der Waals surface area (Å²) in [6.45, 7) is 4.49. The molecule has 1 nitrogen and oxygen atoms in total. The molecule has 0 aromatic heterocycles. The molecule has 3 heteroatoms. The molecule has 0 radical (unpaired) electrons. The van der Waals surface area contributed by atoms with Crippen molar-refractivity contribution in [3.63, 3.8) is 0 Å². The maximum Gasteiger partial charge on any atom is 0.200 e. The van der Waals surface area contributed by atoms with Crippen molar-refractivity contribution >= 4 is 0 Å². The first-order valence-corrected chi connectivity index (χ1v) is 6.71.